The zero-order chi connectivity index (χ0) is 29.2. The van der Waals surface area contributed by atoms with Crippen molar-refractivity contribution >= 4 is 12.3 Å². The predicted molar refractivity (Wildman–Crippen MR) is 81.7 cm³/mol. The number of hydrogen-bond donors (Lipinski definition) is 1. The molecule has 1 heterocycles. The Morgan fingerprint density at radius 1 is 0.583 bits per heavy atom. The first kappa shape index (κ1) is 36.1. The molecule has 0 radical (unpaired) electrons. The molecular formula is C15H15F15O6. The Kier molecular flexibility index (Phi) is 14.1. The van der Waals surface area contributed by atoms with Gasteiger partial charge in [-0.05, 0) is 0 Å². The van der Waals surface area contributed by atoms with Crippen LogP contribution in [0.4, 0.5) is 65.9 Å². The van der Waals surface area contributed by atoms with E-state index in [0.29, 0.717) is 0 Å². The van der Waals surface area contributed by atoms with Gasteiger partial charge in [-0.15, -0.1) is 0 Å². The van der Waals surface area contributed by atoms with Gasteiger partial charge in [0.1, 0.15) is 12.7 Å². The fourth-order valence-corrected chi connectivity index (χ4v) is 1.73. The Morgan fingerprint density at radius 2 is 0.861 bits per heavy atom. The molecular weight excluding hydrogens is 561 g/mol. The average molecular weight is 576 g/mol. The first-order chi connectivity index (χ1) is 15.7. The second-order valence-corrected chi connectivity index (χ2v) is 6.33. The molecule has 1 rings (SSSR count). The van der Waals surface area contributed by atoms with Crippen LogP contribution >= 0.6 is 0 Å². The van der Waals surface area contributed by atoms with Gasteiger partial charge < -0.3 is 24.1 Å². The van der Waals surface area contributed by atoms with Crippen molar-refractivity contribution in [3.05, 3.63) is 0 Å². The molecule has 0 aromatic heterocycles. The highest BCUT2D eigenvalue weighted by Crippen LogP contribution is 2.35. The number of aldehydes is 1. The average Bonchev–Trinajstić information content (AvgIpc) is 2.46. The molecule has 0 aromatic rings. The smallest absolute Gasteiger partial charge is 0.399 e. The lowest BCUT2D eigenvalue weighted by atomic mass is 10.3. The van der Waals surface area contributed by atoms with Gasteiger partial charge in [-0.25, -0.2) is 0 Å². The van der Waals surface area contributed by atoms with E-state index in [0.717, 1.165) is 0 Å². The molecule has 0 unspecified atom stereocenters. The van der Waals surface area contributed by atoms with E-state index in [-0.39, 0.29) is 6.29 Å². The van der Waals surface area contributed by atoms with Crippen molar-refractivity contribution in [2.24, 2.45) is 0 Å². The summed E-state index contributed by atoms with van der Waals surface area (Å²) in [6.45, 7) is 0. The van der Waals surface area contributed by atoms with Gasteiger partial charge >= 0.3 is 36.9 Å². The van der Waals surface area contributed by atoms with Crippen LogP contribution in [-0.2, 0) is 23.8 Å². The third kappa shape index (κ3) is 26.6. The van der Waals surface area contributed by atoms with Gasteiger partial charge in [-0.1, -0.05) is 0 Å². The third-order valence-electron chi connectivity index (χ3n) is 2.77. The number of ether oxygens (including phenoxy) is 3. The van der Waals surface area contributed by atoms with Gasteiger partial charge in [0.2, 0.25) is 0 Å². The van der Waals surface area contributed by atoms with E-state index in [2.05, 4.69) is 14.2 Å². The van der Waals surface area contributed by atoms with Crippen molar-refractivity contribution in [3.8, 4) is 0 Å². The van der Waals surface area contributed by atoms with Crippen molar-refractivity contribution in [3.63, 3.8) is 0 Å². The standard InChI is InChI=1S/C9H9F9O3.C3H3F3O2.C3H3F3O/c10-7(11,12)1-4-19-5(2-8(13,14)15)21-6(20-4)3-9(16,17)18;4-3(5,6)1-2(7)8;4-3(5,6)1-2-7/h4-6H,1-3H2;1H2,(H,7,8);2H,1H2. The number of carboxylic acids is 1. The number of carbonyl (C=O) groups excluding carboxylic acids is 1. The largest absolute Gasteiger partial charge is 0.481 e. The lowest BCUT2D eigenvalue weighted by Crippen LogP contribution is -2.45. The van der Waals surface area contributed by atoms with Crippen molar-refractivity contribution in [2.45, 2.75) is 81.9 Å². The van der Waals surface area contributed by atoms with Crippen molar-refractivity contribution < 1.29 is 94.8 Å². The van der Waals surface area contributed by atoms with Crippen LogP contribution in [0.5, 0.6) is 0 Å². The molecule has 1 aliphatic rings. The van der Waals surface area contributed by atoms with Crippen LogP contribution in [0.15, 0.2) is 0 Å². The fourth-order valence-electron chi connectivity index (χ4n) is 1.73. The van der Waals surface area contributed by atoms with Crippen LogP contribution in [0, 0.1) is 0 Å². The van der Waals surface area contributed by atoms with Gasteiger partial charge in [0.15, 0.2) is 18.9 Å². The molecule has 0 aliphatic carbocycles. The molecule has 1 N–H and O–H groups in total. The number of hydrogen-bond acceptors (Lipinski definition) is 5. The van der Waals surface area contributed by atoms with Gasteiger partial charge in [-0.3, -0.25) is 4.79 Å². The summed E-state index contributed by atoms with van der Waals surface area (Å²) in [5, 5.41) is 7.53. The maximum atomic E-state index is 12.1. The quantitative estimate of drug-likeness (QED) is 0.317. The molecule has 216 valence electrons. The van der Waals surface area contributed by atoms with Crippen LogP contribution in [0.2, 0.25) is 0 Å². The van der Waals surface area contributed by atoms with Crippen molar-refractivity contribution in [1.29, 1.82) is 0 Å². The van der Waals surface area contributed by atoms with Crippen LogP contribution < -0.4 is 0 Å². The first-order valence-electron chi connectivity index (χ1n) is 8.67. The van der Waals surface area contributed by atoms with E-state index in [9.17, 15) is 70.7 Å². The topological polar surface area (TPSA) is 82.1 Å². The molecule has 0 saturated carbocycles. The van der Waals surface area contributed by atoms with Crippen LogP contribution in [-0.4, -0.2) is 67.1 Å². The molecule has 6 nitrogen and oxygen atoms in total. The highest BCUT2D eigenvalue weighted by Gasteiger charge is 2.45. The summed E-state index contributed by atoms with van der Waals surface area (Å²) in [7, 11) is 0. The second-order valence-electron chi connectivity index (χ2n) is 6.33. The van der Waals surface area contributed by atoms with E-state index in [1.165, 1.54) is 0 Å². The Balaban J connectivity index is 0. The molecule has 0 spiro atoms. The zero-order valence-electron chi connectivity index (χ0n) is 17.0. The Labute approximate surface area is 190 Å². The predicted octanol–water partition coefficient (Wildman–Crippen LogP) is 6.05. The molecule has 0 atom stereocenters. The maximum absolute atomic E-state index is 12.1. The van der Waals surface area contributed by atoms with Crippen molar-refractivity contribution in [2.75, 3.05) is 0 Å². The van der Waals surface area contributed by atoms with Crippen LogP contribution in [0.1, 0.15) is 32.1 Å². The van der Waals surface area contributed by atoms with E-state index >= 15 is 0 Å². The zero-order valence-corrected chi connectivity index (χ0v) is 17.0. The molecule has 36 heavy (non-hydrogen) atoms. The summed E-state index contributed by atoms with van der Waals surface area (Å²) in [6, 6.07) is 0. The lowest BCUT2D eigenvalue weighted by molar-refractivity contribution is -0.414. The molecule has 1 saturated heterocycles. The van der Waals surface area contributed by atoms with E-state index in [1.54, 1.807) is 0 Å². The van der Waals surface area contributed by atoms with E-state index in [1.807, 2.05) is 0 Å². The summed E-state index contributed by atoms with van der Waals surface area (Å²) in [5.74, 6) is -1.85. The van der Waals surface area contributed by atoms with Gasteiger partial charge in [0.25, 0.3) is 0 Å². The highest BCUT2D eigenvalue weighted by atomic mass is 19.4. The minimum absolute atomic E-state index is 0.167. The minimum atomic E-state index is -4.88. The van der Waals surface area contributed by atoms with Gasteiger partial charge in [0.05, 0.1) is 25.7 Å². The lowest BCUT2D eigenvalue weighted by Gasteiger charge is -2.36. The summed E-state index contributed by atoms with van der Waals surface area (Å²) in [6.07, 6.45) is -39.2. The first-order valence-corrected chi connectivity index (χ1v) is 8.67. The second kappa shape index (κ2) is 14.1. The number of halogens is 15. The van der Waals surface area contributed by atoms with Crippen LogP contribution in [0.25, 0.3) is 0 Å². The third-order valence-corrected chi connectivity index (χ3v) is 2.77. The molecule has 1 aliphatic heterocycles. The number of alkyl halides is 15. The van der Waals surface area contributed by atoms with E-state index < -0.39 is 87.8 Å². The number of carboxylic acid groups (broad SMARTS) is 1. The summed E-state index contributed by atoms with van der Waals surface area (Å²) in [5.41, 5.74) is 0. The van der Waals surface area contributed by atoms with Gasteiger partial charge in [0, 0.05) is 0 Å². The summed E-state index contributed by atoms with van der Waals surface area (Å²) < 4.78 is 187. The minimum Gasteiger partial charge on any atom is -0.481 e. The summed E-state index contributed by atoms with van der Waals surface area (Å²) >= 11 is 0. The van der Waals surface area contributed by atoms with E-state index in [4.69, 9.17) is 9.90 Å². The molecule has 0 bridgehead atoms. The maximum Gasteiger partial charge on any atom is 0.399 e. The summed E-state index contributed by atoms with van der Waals surface area (Å²) in [4.78, 5) is 18.4. The monoisotopic (exact) mass is 576 g/mol. The fraction of sp³-hybridized carbons (Fsp3) is 0.867. The van der Waals surface area contributed by atoms with Crippen LogP contribution in [0.3, 0.4) is 0 Å². The molecule has 0 amide bonds. The Morgan fingerprint density at radius 3 is 0.944 bits per heavy atom. The molecule has 21 heteroatoms. The number of carbonyl (C=O) groups is 2. The highest BCUT2D eigenvalue weighted by molar-refractivity contribution is 5.67. The molecule has 0 aromatic carbocycles. The Bertz CT molecular complexity index is 592. The number of rotatable bonds is 5. The van der Waals surface area contributed by atoms with Crippen molar-refractivity contribution in [1.82, 2.24) is 0 Å². The Hall–Kier alpha value is -2.03. The normalized spacial score (nSPS) is 21.5. The SMILES string of the molecule is FC(F)(F)CC1OC(CC(F)(F)F)OC(CC(F)(F)F)O1.O=C(O)CC(F)(F)F.O=CCC(F)(F)F. The number of aliphatic carboxylic acids is 1. The molecule has 1 fully saturated rings. The van der Waals surface area contributed by atoms with Gasteiger partial charge in [-0.2, -0.15) is 65.9 Å².